The van der Waals surface area contributed by atoms with Crippen molar-refractivity contribution in [1.82, 2.24) is 15.5 Å². The lowest BCUT2D eigenvalue weighted by atomic mass is 9.55. The minimum absolute atomic E-state index is 0.0656. The Labute approximate surface area is 168 Å². The van der Waals surface area contributed by atoms with E-state index in [2.05, 4.69) is 29.5 Å². The number of carbonyl (C=O) groups is 2. The third kappa shape index (κ3) is 4.50. The SMILES string of the molecule is CCNC(=NCCN1C(=O)CCCC1=O)NC1CC(OCC)C12CCCCC2. The molecule has 2 atom stereocenters. The van der Waals surface area contributed by atoms with E-state index in [1.807, 2.05) is 0 Å². The number of piperidine rings is 1. The molecule has 3 aliphatic rings. The molecule has 0 aromatic carbocycles. The smallest absolute Gasteiger partial charge is 0.229 e. The fourth-order valence-electron chi connectivity index (χ4n) is 5.06. The highest BCUT2D eigenvalue weighted by molar-refractivity contribution is 5.97. The zero-order valence-corrected chi connectivity index (χ0v) is 17.5. The summed E-state index contributed by atoms with van der Waals surface area (Å²) >= 11 is 0. The van der Waals surface area contributed by atoms with Crippen LogP contribution in [0.4, 0.5) is 0 Å². The van der Waals surface area contributed by atoms with Crippen LogP contribution < -0.4 is 10.6 Å². The Morgan fingerprint density at radius 2 is 1.86 bits per heavy atom. The number of aliphatic imine (C=N–C) groups is 1. The van der Waals surface area contributed by atoms with Gasteiger partial charge in [-0.15, -0.1) is 0 Å². The molecule has 0 radical (unpaired) electrons. The van der Waals surface area contributed by atoms with Gasteiger partial charge in [-0.05, 0) is 39.5 Å². The van der Waals surface area contributed by atoms with Crippen molar-refractivity contribution in [3.05, 3.63) is 0 Å². The number of hydrogen-bond donors (Lipinski definition) is 2. The lowest BCUT2D eigenvalue weighted by molar-refractivity contribution is -0.147. The number of guanidine groups is 1. The van der Waals surface area contributed by atoms with Crippen LogP contribution in [-0.2, 0) is 14.3 Å². The number of hydrogen-bond acceptors (Lipinski definition) is 4. The number of nitrogens with one attached hydrogen (secondary N) is 2. The molecule has 1 saturated heterocycles. The van der Waals surface area contributed by atoms with Crippen LogP contribution in [0.5, 0.6) is 0 Å². The Hall–Kier alpha value is -1.63. The minimum atomic E-state index is -0.0656. The van der Waals surface area contributed by atoms with Crippen molar-refractivity contribution < 1.29 is 14.3 Å². The van der Waals surface area contributed by atoms with Crippen LogP contribution in [0.2, 0.25) is 0 Å². The first-order chi connectivity index (χ1) is 13.6. The largest absolute Gasteiger partial charge is 0.378 e. The van der Waals surface area contributed by atoms with Gasteiger partial charge in [0, 0.05) is 44.0 Å². The Morgan fingerprint density at radius 1 is 1.14 bits per heavy atom. The number of imide groups is 1. The summed E-state index contributed by atoms with van der Waals surface area (Å²) in [7, 11) is 0. The molecule has 28 heavy (non-hydrogen) atoms. The third-order valence-corrected chi connectivity index (χ3v) is 6.57. The molecule has 3 fully saturated rings. The molecule has 1 aliphatic heterocycles. The van der Waals surface area contributed by atoms with E-state index in [9.17, 15) is 9.59 Å². The monoisotopic (exact) mass is 392 g/mol. The fraction of sp³-hybridized carbons (Fsp3) is 0.857. The molecule has 2 N–H and O–H groups in total. The number of ether oxygens (including phenoxy) is 1. The van der Waals surface area contributed by atoms with E-state index in [-0.39, 0.29) is 17.2 Å². The molecule has 0 aromatic rings. The zero-order chi connectivity index (χ0) is 20.0. The minimum Gasteiger partial charge on any atom is -0.378 e. The van der Waals surface area contributed by atoms with Gasteiger partial charge in [-0.25, -0.2) is 0 Å². The topological polar surface area (TPSA) is 83.0 Å². The van der Waals surface area contributed by atoms with E-state index in [1.54, 1.807) is 0 Å². The lowest BCUT2D eigenvalue weighted by Crippen LogP contribution is -2.66. The number of rotatable bonds is 7. The third-order valence-electron chi connectivity index (χ3n) is 6.57. The summed E-state index contributed by atoms with van der Waals surface area (Å²) < 4.78 is 6.05. The highest BCUT2D eigenvalue weighted by atomic mass is 16.5. The highest BCUT2D eigenvalue weighted by Crippen LogP contribution is 2.53. The van der Waals surface area contributed by atoms with E-state index in [4.69, 9.17) is 4.74 Å². The van der Waals surface area contributed by atoms with Crippen molar-refractivity contribution >= 4 is 17.8 Å². The van der Waals surface area contributed by atoms with Crippen LogP contribution in [0, 0.1) is 5.41 Å². The molecule has 0 bridgehead atoms. The fourth-order valence-corrected chi connectivity index (χ4v) is 5.06. The summed E-state index contributed by atoms with van der Waals surface area (Å²) in [5.41, 5.74) is 0.225. The maximum Gasteiger partial charge on any atom is 0.229 e. The van der Waals surface area contributed by atoms with Gasteiger partial charge >= 0.3 is 0 Å². The standard InChI is InChI=1S/C21H36N4O3/c1-3-22-20(23-13-14-25-18(26)9-8-10-19(25)27)24-16-15-17(28-4-2)21(16)11-6-5-7-12-21/h16-17H,3-15H2,1-2H3,(H2,22,23,24). The van der Waals surface area contributed by atoms with E-state index >= 15 is 0 Å². The maximum absolute atomic E-state index is 12.0. The Bertz CT molecular complexity index is 570. The average Bonchev–Trinajstić information content (AvgIpc) is 2.70. The van der Waals surface area contributed by atoms with Gasteiger partial charge in [0.1, 0.15) is 0 Å². The summed E-state index contributed by atoms with van der Waals surface area (Å²) in [6, 6.07) is 0.375. The van der Waals surface area contributed by atoms with Crippen LogP contribution in [0.1, 0.15) is 71.6 Å². The second-order valence-electron chi connectivity index (χ2n) is 8.22. The van der Waals surface area contributed by atoms with Crippen molar-refractivity contribution in [2.45, 2.75) is 83.8 Å². The zero-order valence-electron chi connectivity index (χ0n) is 17.5. The van der Waals surface area contributed by atoms with Crippen LogP contribution >= 0.6 is 0 Å². The molecule has 1 heterocycles. The first-order valence-corrected chi connectivity index (χ1v) is 11.1. The van der Waals surface area contributed by atoms with Crippen molar-refractivity contribution in [3.63, 3.8) is 0 Å². The van der Waals surface area contributed by atoms with Gasteiger partial charge in [-0.3, -0.25) is 19.5 Å². The summed E-state index contributed by atoms with van der Waals surface area (Å²) in [5, 5.41) is 6.95. The molecule has 2 amide bonds. The Kier molecular flexibility index (Phi) is 7.32. The molecule has 158 valence electrons. The molecule has 1 spiro atoms. The predicted molar refractivity (Wildman–Crippen MR) is 109 cm³/mol. The van der Waals surface area contributed by atoms with E-state index in [1.165, 1.54) is 37.0 Å². The molecule has 2 aliphatic carbocycles. The lowest BCUT2D eigenvalue weighted by Gasteiger charge is -2.58. The molecule has 7 nitrogen and oxygen atoms in total. The van der Waals surface area contributed by atoms with Crippen LogP contribution in [0.15, 0.2) is 4.99 Å². The first-order valence-electron chi connectivity index (χ1n) is 11.1. The number of nitrogens with zero attached hydrogens (tertiary/aromatic N) is 2. The first kappa shape index (κ1) is 21.1. The van der Waals surface area contributed by atoms with Crippen LogP contribution in [0.25, 0.3) is 0 Å². The summed E-state index contributed by atoms with van der Waals surface area (Å²) in [6.45, 7) is 6.47. The quantitative estimate of drug-likeness (QED) is 0.394. The van der Waals surface area contributed by atoms with E-state index in [0.29, 0.717) is 44.5 Å². The van der Waals surface area contributed by atoms with Gasteiger partial charge in [-0.2, -0.15) is 0 Å². The number of likely N-dealkylation sites (tertiary alicyclic amines) is 1. The second-order valence-corrected chi connectivity index (χ2v) is 8.22. The molecule has 7 heteroatoms. The van der Waals surface area contributed by atoms with Gasteiger partial charge < -0.3 is 15.4 Å². The van der Waals surface area contributed by atoms with Crippen molar-refractivity contribution in [3.8, 4) is 0 Å². The van der Waals surface area contributed by atoms with Crippen LogP contribution in [-0.4, -0.2) is 61.1 Å². The molecule has 3 rings (SSSR count). The van der Waals surface area contributed by atoms with Gasteiger partial charge in [-0.1, -0.05) is 19.3 Å². The van der Waals surface area contributed by atoms with E-state index in [0.717, 1.165) is 25.5 Å². The highest BCUT2D eigenvalue weighted by Gasteiger charge is 2.55. The van der Waals surface area contributed by atoms with E-state index < -0.39 is 0 Å². The summed E-state index contributed by atoms with van der Waals surface area (Å²) in [6.07, 6.45) is 9.27. The molecular weight excluding hydrogens is 356 g/mol. The van der Waals surface area contributed by atoms with Gasteiger partial charge in [0.2, 0.25) is 11.8 Å². The van der Waals surface area contributed by atoms with Crippen molar-refractivity contribution in [2.24, 2.45) is 10.4 Å². The van der Waals surface area contributed by atoms with Gasteiger partial charge in [0.05, 0.1) is 12.6 Å². The number of carbonyl (C=O) groups excluding carboxylic acids is 2. The Morgan fingerprint density at radius 3 is 2.50 bits per heavy atom. The number of amides is 2. The molecular formula is C21H36N4O3. The normalized spacial score (nSPS) is 27.6. The Balaban J connectivity index is 1.59. The van der Waals surface area contributed by atoms with Crippen LogP contribution in [0.3, 0.4) is 0 Å². The molecule has 2 unspecified atom stereocenters. The maximum atomic E-state index is 12.0. The average molecular weight is 393 g/mol. The van der Waals surface area contributed by atoms with Gasteiger partial charge in [0.15, 0.2) is 5.96 Å². The summed E-state index contributed by atoms with van der Waals surface area (Å²) in [5.74, 6) is 0.650. The van der Waals surface area contributed by atoms with Crippen molar-refractivity contribution in [1.29, 1.82) is 0 Å². The molecule has 0 aromatic heterocycles. The summed E-state index contributed by atoms with van der Waals surface area (Å²) in [4.78, 5) is 29.9. The predicted octanol–water partition coefficient (Wildman–Crippen LogP) is 2.21. The van der Waals surface area contributed by atoms with Gasteiger partial charge in [0.25, 0.3) is 0 Å². The van der Waals surface area contributed by atoms with Crippen molar-refractivity contribution in [2.75, 3.05) is 26.2 Å². The second kappa shape index (κ2) is 9.72. The molecule has 2 saturated carbocycles.